The number of aryl methyl sites for hydroxylation is 1. The fourth-order valence-electron chi connectivity index (χ4n) is 1.55. The van der Waals surface area contributed by atoms with Crippen molar-refractivity contribution in [3.05, 3.63) is 11.9 Å². The number of hydrogen-bond donors (Lipinski definition) is 3. The Labute approximate surface area is 107 Å². The Bertz CT molecular complexity index is 481. The van der Waals surface area contributed by atoms with Crippen molar-refractivity contribution in [1.29, 1.82) is 0 Å². The van der Waals surface area contributed by atoms with E-state index in [1.54, 1.807) is 13.0 Å². The first-order valence-electron chi connectivity index (χ1n) is 5.63. The number of rotatable bonds is 6. The van der Waals surface area contributed by atoms with E-state index in [1.807, 2.05) is 6.92 Å². The molecular weight excluding hydrogens is 254 g/mol. The summed E-state index contributed by atoms with van der Waals surface area (Å²) in [5, 5.41) is 3.02. The first-order chi connectivity index (χ1) is 8.34. The minimum atomic E-state index is -3.02. The van der Waals surface area contributed by atoms with Crippen LogP contribution in [0.15, 0.2) is 6.07 Å². The first kappa shape index (κ1) is 14.7. The van der Waals surface area contributed by atoms with Crippen molar-refractivity contribution >= 4 is 21.5 Å². The Hall–Kier alpha value is -1.41. The van der Waals surface area contributed by atoms with Gasteiger partial charge in [-0.05, 0) is 6.92 Å². The summed E-state index contributed by atoms with van der Waals surface area (Å²) in [6.45, 7) is 3.71. The van der Waals surface area contributed by atoms with Crippen LogP contribution in [0.5, 0.6) is 0 Å². The summed E-state index contributed by atoms with van der Waals surface area (Å²) >= 11 is 0. The number of aromatic nitrogens is 2. The maximum atomic E-state index is 11.2. The zero-order chi connectivity index (χ0) is 13.8. The average molecular weight is 273 g/mol. The van der Waals surface area contributed by atoms with E-state index in [0.717, 1.165) is 0 Å². The second kappa shape index (κ2) is 5.96. The molecular formula is C10H19N5O2S. The van der Waals surface area contributed by atoms with E-state index >= 15 is 0 Å². The molecule has 0 aliphatic carbocycles. The van der Waals surface area contributed by atoms with Crippen molar-refractivity contribution in [2.45, 2.75) is 26.3 Å². The number of anilines is 2. The molecule has 0 fully saturated rings. The molecule has 1 atom stereocenters. The molecule has 102 valence electrons. The van der Waals surface area contributed by atoms with Crippen LogP contribution < -0.4 is 16.6 Å². The lowest BCUT2D eigenvalue weighted by Crippen LogP contribution is -2.26. The van der Waals surface area contributed by atoms with Crippen LogP contribution in [0, 0.1) is 0 Å². The topological polar surface area (TPSA) is 110 Å². The minimum Gasteiger partial charge on any atom is -0.366 e. The molecule has 0 saturated carbocycles. The fourth-order valence-corrected chi connectivity index (χ4v) is 2.54. The predicted molar refractivity (Wildman–Crippen MR) is 72.0 cm³/mol. The lowest BCUT2D eigenvalue weighted by molar-refractivity contribution is 0.598. The van der Waals surface area contributed by atoms with Gasteiger partial charge in [0.15, 0.2) is 0 Å². The monoisotopic (exact) mass is 273 g/mol. The molecule has 1 unspecified atom stereocenters. The van der Waals surface area contributed by atoms with Crippen LogP contribution in [0.3, 0.4) is 0 Å². The highest BCUT2D eigenvalue weighted by Gasteiger charge is 2.11. The highest BCUT2D eigenvalue weighted by Crippen LogP contribution is 2.12. The van der Waals surface area contributed by atoms with E-state index in [-0.39, 0.29) is 11.8 Å². The van der Waals surface area contributed by atoms with Gasteiger partial charge in [-0.25, -0.2) is 24.2 Å². The molecule has 0 saturated heterocycles. The molecule has 1 aromatic rings. The Morgan fingerprint density at radius 1 is 1.39 bits per heavy atom. The molecule has 0 spiro atoms. The van der Waals surface area contributed by atoms with E-state index in [2.05, 4.69) is 20.7 Å². The normalized spacial score (nSPS) is 13.1. The summed E-state index contributed by atoms with van der Waals surface area (Å²) < 4.78 is 22.3. The predicted octanol–water partition coefficient (Wildman–Crippen LogP) is 0.170. The van der Waals surface area contributed by atoms with Crippen LogP contribution in [0.25, 0.3) is 0 Å². The van der Waals surface area contributed by atoms with Crippen molar-refractivity contribution in [3.8, 4) is 0 Å². The average Bonchev–Trinajstić information content (AvgIpc) is 2.25. The first-order valence-corrected chi connectivity index (χ1v) is 7.69. The van der Waals surface area contributed by atoms with Crippen LogP contribution in [0.2, 0.25) is 0 Å². The van der Waals surface area contributed by atoms with Crippen molar-refractivity contribution in [2.75, 3.05) is 22.8 Å². The van der Waals surface area contributed by atoms with Crippen molar-refractivity contribution in [2.24, 2.45) is 5.84 Å². The highest BCUT2D eigenvalue weighted by molar-refractivity contribution is 7.90. The van der Waals surface area contributed by atoms with Gasteiger partial charge in [0.1, 0.15) is 27.3 Å². The third kappa shape index (κ3) is 4.84. The zero-order valence-electron chi connectivity index (χ0n) is 10.8. The smallest absolute Gasteiger partial charge is 0.149 e. The van der Waals surface area contributed by atoms with Crippen LogP contribution >= 0.6 is 0 Å². The van der Waals surface area contributed by atoms with Gasteiger partial charge >= 0.3 is 0 Å². The number of hydrazine groups is 1. The highest BCUT2D eigenvalue weighted by atomic mass is 32.2. The van der Waals surface area contributed by atoms with Crippen molar-refractivity contribution in [3.63, 3.8) is 0 Å². The van der Waals surface area contributed by atoms with Gasteiger partial charge < -0.3 is 10.7 Å². The maximum Gasteiger partial charge on any atom is 0.149 e. The molecule has 18 heavy (non-hydrogen) atoms. The molecule has 0 aromatic carbocycles. The molecule has 7 nitrogen and oxygen atoms in total. The second-order valence-corrected chi connectivity index (χ2v) is 6.38. The van der Waals surface area contributed by atoms with Crippen LogP contribution in [-0.2, 0) is 16.3 Å². The summed E-state index contributed by atoms with van der Waals surface area (Å²) in [4.78, 5) is 8.40. The Morgan fingerprint density at radius 3 is 2.50 bits per heavy atom. The van der Waals surface area contributed by atoms with Gasteiger partial charge in [0.2, 0.25) is 0 Å². The van der Waals surface area contributed by atoms with Gasteiger partial charge in [0, 0.05) is 24.8 Å². The van der Waals surface area contributed by atoms with Gasteiger partial charge in [-0.15, -0.1) is 0 Å². The fraction of sp³-hybridized carbons (Fsp3) is 0.600. The Morgan fingerprint density at radius 2 is 2.00 bits per heavy atom. The standard InChI is InChI=1S/C10H19N5O2S/c1-4-8-13-9(5-10(14-8)15-11)12-7(2)6-18(3,16)17/h5,7H,4,6,11H2,1-3H3,(H2,12,13,14,15). The van der Waals surface area contributed by atoms with E-state index < -0.39 is 9.84 Å². The van der Waals surface area contributed by atoms with E-state index in [1.165, 1.54) is 6.26 Å². The summed E-state index contributed by atoms with van der Waals surface area (Å²) in [6, 6.07) is 1.41. The van der Waals surface area contributed by atoms with E-state index in [9.17, 15) is 8.42 Å². The number of hydrogen-bond acceptors (Lipinski definition) is 7. The van der Waals surface area contributed by atoms with Crippen LogP contribution in [-0.4, -0.2) is 36.4 Å². The number of sulfone groups is 1. The SMILES string of the molecule is CCc1nc(NN)cc(NC(C)CS(C)(=O)=O)n1. The lowest BCUT2D eigenvalue weighted by atomic mass is 10.3. The summed E-state index contributed by atoms with van der Waals surface area (Å²) in [6.07, 6.45) is 1.88. The zero-order valence-corrected chi connectivity index (χ0v) is 11.6. The summed E-state index contributed by atoms with van der Waals surface area (Å²) in [5.41, 5.74) is 2.45. The quantitative estimate of drug-likeness (QED) is 0.500. The third-order valence-corrected chi connectivity index (χ3v) is 3.29. The molecule has 0 bridgehead atoms. The van der Waals surface area contributed by atoms with Gasteiger partial charge in [-0.3, -0.25) is 0 Å². The molecule has 1 heterocycles. The van der Waals surface area contributed by atoms with E-state index in [4.69, 9.17) is 5.84 Å². The van der Waals surface area contributed by atoms with E-state index in [0.29, 0.717) is 23.9 Å². The number of nitrogens with two attached hydrogens (primary N) is 1. The van der Waals surface area contributed by atoms with Gasteiger partial charge in [-0.2, -0.15) is 0 Å². The molecule has 1 aromatic heterocycles. The summed E-state index contributed by atoms with van der Waals surface area (Å²) in [5.74, 6) is 7.05. The van der Waals surface area contributed by atoms with Crippen LogP contribution in [0.1, 0.15) is 19.7 Å². The lowest BCUT2D eigenvalue weighted by Gasteiger charge is -2.14. The Kier molecular flexibility index (Phi) is 4.85. The molecule has 1 rings (SSSR count). The number of nitrogen functional groups attached to an aromatic ring is 1. The largest absolute Gasteiger partial charge is 0.366 e. The molecule has 0 radical (unpaired) electrons. The summed E-state index contributed by atoms with van der Waals surface area (Å²) in [7, 11) is -3.02. The van der Waals surface area contributed by atoms with Crippen molar-refractivity contribution in [1.82, 2.24) is 9.97 Å². The van der Waals surface area contributed by atoms with Gasteiger partial charge in [-0.1, -0.05) is 6.92 Å². The number of nitrogens with one attached hydrogen (secondary N) is 2. The molecule has 0 aliphatic rings. The molecule has 8 heteroatoms. The Balaban J connectivity index is 2.83. The van der Waals surface area contributed by atoms with Crippen LogP contribution in [0.4, 0.5) is 11.6 Å². The number of nitrogens with zero attached hydrogens (tertiary/aromatic N) is 2. The van der Waals surface area contributed by atoms with Crippen molar-refractivity contribution < 1.29 is 8.42 Å². The second-order valence-electron chi connectivity index (χ2n) is 4.19. The maximum absolute atomic E-state index is 11.2. The molecule has 4 N–H and O–H groups in total. The minimum absolute atomic E-state index is 0.0455. The van der Waals surface area contributed by atoms with Gasteiger partial charge in [0.25, 0.3) is 0 Å². The van der Waals surface area contributed by atoms with Gasteiger partial charge in [0.05, 0.1) is 5.75 Å². The molecule has 0 amide bonds. The molecule has 0 aliphatic heterocycles. The third-order valence-electron chi connectivity index (χ3n) is 2.18.